The molecule has 0 amide bonds. The normalized spacial score (nSPS) is 11.0. The highest BCUT2D eigenvalue weighted by Gasteiger charge is 2.38. The third-order valence-electron chi connectivity index (χ3n) is 3.57. The fourth-order valence-electron chi connectivity index (χ4n) is 2.20. The SMILES string of the molecule is CCCCCCCCCCCCn1ccnc1.O=C(O)C(F)(F)F. The molecule has 0 saturated carbocycles. The van der Waals surface area contributed by atoms with Gasteiger partial charge in [0.05, 0.1) is 6.33 Å². The number of unbranched alkanes of at least 4 members (excludes halogenated alkanes) is 9. The number of carboxylic acids is 1. The number of hydrogen-bond donors (Lipinski definition) is 1. The summed E-state index contributed by atoms with van der Waals surface area (Å²) in [4.78, 5) is 12.9. The van der Waals surface area contributed by atoms with Crippen molar-refractivity contribution in [2.24, 2.45) is 0 Å². The van der Waals surface area contributed by atoms with Crippen molar-refractivity contribution in [2.45, 2.75) is 83.9 Å². The Morgan fingerprint density at radius 2 is 1.46 bits per heavy atom. The van der Waals surface area contributed by atoms with Crippen molar-refractivity contribution in [3.8, 4) is 0 Å². The summed E-state index contributed by atoms with van der Waals surface area (Å²) in [6, 6.07) is 0. The lowest BCUT2D eigenvalue weighted by molar-refractivity contribution is -0.192. The molecule has 0 atom stereocenters. The molecule has 7 heteroatoms. The Morgan fingerprint density at radius 3 is 1.83 bits per heavy atom. The zero-order valence-corrected chi connectivity index (χ0v) is 14.4. The van der Waals surface area contributed by atoms with Crippen LogP contribution in [0.3, 0.4) is 0 Å². The van der Waals surface area contributed by atoms with Crippen molar-refractivity contribution in [1.82, 2.24) is 9.55 Å². The lowest BCUT2D eigenvalue weighted by atomic mass is 10.1. The molecule has 24 heavy (non-hydrogen) atoms. The third-order valence-corrected chi connectivity index (χ3v) is 3.57. The molecule has 1 aromatic heterocycles. The van der Waals surface area contributed by atoms with Crippen LogP contribution in [0, 0.1) is 0 Å². The number of aliphatic carboxylic acids is 1. The predicted molar refractivity (Wildman–Crippen MR) is 87.8 cm³/mol. The van der Waals surface area contributed by atoms with E-state index in [1.54, 1.807) is 0 Å². The van der Waals surface area contributed by atoms with Crippen molar-refractivity contribution >= 4 is 5.97 Å². The van der Waals surface area contributed by atoms with Gasteiger partial charge in [0.2, 0.25) is 0 Å². The van der Waals surface area contributed by atoms with Crippen LogP contribution in [0.2, 0.25) is 0 Å². The fourth-order valence-corrected chi connectivity index (χ4v) is 2.20. The van der Waals surface area contributed by atoms with E-state index < -0.39 is 12.1 Å². The van der Waals surface area contributed by atoms with Crippen molar-refractivity contribution in [3.63, 3.8) is 0 Å². The molecule has 0 aliphatic rings. The Kier molecular flexibility index (Phi) is 13.0. The Bertz CT molecular complexity index is 406. The smallest absolute Gasteiger partial charge is 0.475 e. The van der Waals surface area contributed by atoms with Gasteiger partial charge in [0.1, 0.15) is 0 Å². The minimum Gasteiger partial charge on any atom is -0.475 e. The summed E-state index contributed by atoms with van der Waals surface area (Å²) in [5.74, 6) is -2.76. The molecule has 0 unspecified atom stereocenters. The quantitative estimate of drug-likeness (QED) is 0.541. The maximum atomic E-state index is 10.6. The first kappa shape index (κ1) is 22.5. The van der Waals surface area contributed by atoms with E-state index in [-0.39, 0.29) is 0 Å². The number of imidazole rings is 1. The average Bonchev–Trinajstić information content (AvgIpc) is 3.02. The molecular weight excluding hydrogens is 321 g/mol. The van der Waals surface area contributed by atoms with E-state index in [1.165, 1.54) is 64.2 Å². The van der Waals surface area contributed by atoms with Gasteiger partial charge in [0, 0.05) is 18.9 Å². The fraction of sp³-hybridized carbons (Fsp3) is 0.765. The molecule has 0 aromatic carbocycles. The number of carbonyl (C=O) groups is 1. The van der Waals surface area contributed by atoms with Gasteiger partial charge >= 0.3 is 12.1 Å². The van der Waals surface area contributed by atoms with Gasteiger partial charge in [-0.25, -0.2) is 9.78 Å². The third kappa shape index (κ3) is 14.1. The maximum Gasteiger partial charge on any atom is 0.490 e. The van der Waals surface area contributed by atoms with Crippen LogP contribution >= 0.6 is 0 Å². The van der Waals surface area contributed by atoms with E-state index in [2.05, 4.69) is 16.5 Å². The minimum atomic E-state index is -5.08. The van der Waals surface area contributed by atoms with Crippen LogP contribution in [0.1, 0.15) is 71.1 Å². The van der Waals surface area contributed by atoms with Crippen LogP contribution in [0.25, 0.3) is 0 Å². The molecule has 0 bridgehead atoms. The van der Waals surface area contributed by atoms with E-state index in [9.17, 15) is 13.2 Å². The molecule has 1 N–H and O–H groups in total. The van der Waals surface area contributed by atoms with Crippen molar-refractivity contribution in [1.29, 1.82) is 0 Å². The highest BCUT2D eigenvalue weighted by Crippen LogP contribution is 2.13. The van der Waals surface area contributed by atoms with Crippen LogP contribution in [-0.4, -0.2) is 26.8 Å². The second kappa shape index (κ2) is 13.9. The number of halogens is 3. The molecule has 0 radical (unpaired) electrons. The average molecular weight is 350 g/mol. The summed E-state index contributed by atoms with van der Waals surface area (Å²) in [6.45, 7) is 3.41. The molecule has 0 aliphatic carbocycles. The second-order valence-corrected chi connectivity index (χ2v) is 5.79. The first-order chi connectivity index (χ1) is 11.4. The number of hydrogen-bond acceptors (Lipinski definition) is 2. The maximum absolute atomic E-state index is 10.6. The van der Waals surface area contributed by atoms with Gasteiger partial charge in [-0.15, -0.1) is 0 Å². The number of rotatable bonds is 11. The van der Waals surface area contributed by atoms with Crippen molar-refractivity contribution in [2.75, 3.05) is 0 Å². The minimum absolute atomic E-state index is 1.14. The molecule has 0 aliphatic heterocycles. The molecule has 140 valence electrons. The van der Waals surface area contributed by atoms with Crippen LogP contribution in [-0.2, 0) is 11.3 Å². The van der Waals surface area contributed by atoms with Gasteiger partial charge in [-0.05, 0) is 6.42 Å². The van der Waals surface area contributed by atoms with E-state index in [1.807, 2.05) is 18.7 Å². The topological polar surface area (TPSA) is 55.1 Å². The summed E-state index contributed by atoms with van der Waals surface area (Å²) < 4.78 is 33.9. The number of alkyl halides is 3. The molecular formula is C17H29F3N2O2. The molecule has 1 heterocycles. The summed E-state index contributed by atoms with van der Waals surface area (Å²) in [5.41, 5.74) is 0. The molecule has 0 saturated heterocycles. The summed E-state index contributed by atoms with van der Waals surface area (Å²) >= 11 is 0. The first-order valence-electron chi connectivity index (χ1n) is 8.63. The standard InChI is InChI=1S/C15H28N2.C2HF3O2/c1-2-3-4-5-6-7-8-9-10-11-13-17-14-12-16-15-17;3-2(4,5)1(6)7/h12,14-15H,2-11,13H2,1H3;(H,6,7). The second-order valence-electron chi connectivity index (χ2n) is 5.79. The molecule has 0 spiro atoms. The Morgan fingerprint density at radius 1 is 1.00 bits per heavy atom. The number of aromatic nitrogens is 2. The van der Waals surface area contributed by atoms with Gasteiger partial charge in [-0.2, -0.15) is 13.2 Å². The monoisotopic (exact) mass is 350 g/mol. The van der Waals surface area contributed by atoms with Crippen molar-refractivity contribution in [3.05, 3.63) is 18.7 Å². The Balaban J connectivity index is 0.000000640. The molecule has 0 fully saturated rings. The first-order valence-corrected chi connectivity index (χ1v) is 8.63. The van der Waals surface area contributed by atoms with E-state index in [4.69, 9.17) is 9.90 Å². The van der Waals surface area contributed by atoms with Crippen LogP contribution in [0.4, 0.5) is 13.2 Å². The Hall–Kier alpha value is -1.53. The van der Waals surface area contributed by atoms with E-state index in [0.717, 1.165) is 6.54 Å². The number of aryl methyl sites for hydroxylation is 1. The van der Waals surface area contributed by atoms with Gasteiger partial charge in [0.25, 0.3) is 0 Å². The van der Waals surface area contributed by atoms with E-state index >= 15 is 0 Å². The van der Waals surface area contributed by atoms with Crippen molar-refractivity contribution < 1.29 is 23.1 Å². The summed E-state index contributed by atoms with van der Waals surface area (Å²) in [7, 11) is 0. The predicted octanol–water partition coefficient (Wildman–Crippen LogP) is 5.44. The highest BCUT2D eigenvalue weighted by atomic mass is 19.4. The van der Waals surface area contributed by atoms with E-state index in [0.29, 0.717) is 0 Å². The van der Waals surface area contributed by atoms with Gasteiger partial charge in [-0.3, -0.25) is 0 Å². The largest absolute Gasteiger partial charge is 0.490 e. The molecule has 4 nitrogen and oxygen atoms in total. The van der Waals surface area contributed by atoms with Gasteiger partial charge < -0.3 is 9.67 Å². The molecule has 1 aromatic rings. The lowest BCUT2D eigenvalue weighted by Gasteiger charge is -2.03. The van der Waals surface area contributed by atoms with Gasteiger partial charge in [0.15, 0.2) is 0 Å². The number of nitrogens with zero attached hydrogens (tertiary/aromatic N) is 2. The summed E-state index contributed by atoms with van der Waals surface area (Å²) in [6.07, 6.45) is 14.8. The van der Waals surface area contributed by atoms with Crippen LogP contribution in [0.5, 0.6) is 0 Å². The zero-order chi connectivity index (χ0) is 18.3. The van der Waals surface area contributed by atoms with Crippen LogP contribution < -0.4 is 0 Å². The van der Waals surface area contributed by atoms with Crippen LogP contribution in [0.15, 0.2) is 18.7 Å². The number of carboxylic acid groups (broad SMARTS) is 1. The Labute approximate surface area is 142 Å². The highest BCUT2D eigenvalue weighted by molar-refractivity contribution is 5.73. The molecule has 1 rings (SSSR count). The van der Waals surface area contributed by atoms with Gasteiger partial charge in [-0.1, -0.05) is 64.7 Å². The summed E-state index contributed by atoms with van der Waals surface area (Å²) in [5, 5.41) is 7.12. The zero-order valence-electron chi connectivity index (χ0n) is 14.4. The lowest BCUT2D eigenvalue weighted by Crippen LogP contribution is -2.21.